The van der Waals surface area contributed by atoms with Crippen LogP contribution in [0.3, 0.4) is 0 Å². The molecule has 1 saturated heterocycles. The molecule has 14 heavy (non-hydrogen) atoms. The maximum Gasteiger partial charge on any atom is 0.236 e. The van der Waals surface area contributed by atoms with E-state index in [1.54, 1.807) is 7.11 Å². The summed E-state index contributed by atoms with van der Waals surface area (Å²) in [6, 6.07) is 0. The van der Waals surface area contributed by atoms with Crippen molar-refractivity contribution in [1.82, 2.24) is 4.90 Å². The van der Waals surface area contributed by atoms with Gasteiger partial charge in [-0.05, 0) is 25.7 Å². The molecule has 0 aromatic carbocycles. The van der Waals surface area contributed by atoms with Gasteiger partial charge < -0.3 is 9.64 Å². The summed E-state index contributed by atoms with van der Waals surface area (Å²) in [5, 5.41) is 0. The van der Waals surface area contributed by atoms with Gasteiger partial charge in [0.05, 0.1) is 4.83 Å². The summed E-state index contributed by atoms with van der Waals surface area (Å²) >= 11 is 3.31. The number of carbonyl (C=O) groups is 1. The Kier molecular flexibility index (Phi) is 4.89. The van der Waals surface area contributed by atoms with Crippen LogP contribution in [0.25, 0.3) is 0 Å². The largest absolute Gasteiger partial charge is 0.384 e. The Morgan fingerprint density at radius 1 is 1.57 bits per heavy atom. The monoisotopic (exact) mass is 263 g/mol. The zero-order chi connectivity index (χ0) is 10.6. The number of piperidine rings is 1. The van der Waals surface area contributed by atoms with Gasteiger partial charge in [0.15, 0.2) is 0 Å². The van der Waals surface area contributed by atoms with Crippen LogP contribution in [-0.4, -0.2) is 42.4 Å². The maximum absolute atomic E-state index is 11.6. The van der Waals surface area contributed by atoms with Crippen LogP contribution in [0.2, 0.25) is 0 Å². The minimum Gasteiger partial charge on any atom is -0.384 e. The van der Waals surface area contributed by atoms with Crippen molar-refractivity contribution in [3.8, 4) is 0 Å². The number of rotatable bonds is 3. The van der Waals surface area contributed by atoms with Gasteiger partial charge >= 0.3 is 0 Å². The third-order valence-corrected chi connectivity index (χ3v) is 3.06. The van der Waals surface area contributed by atoms with E-state index in [4.69, 9.17) is 4.74 Å². The summed E-state index contributed by atoms with van der Waals surface area (Å²) in [7, 11) is 1.73. The molecule has 1 aliphatic heterocycles. The van der Waals surface area contributed by atoms with Gasteiger partial charge in [-0.2, -0.15) is 0 Å². The molecule has 0 N–H and O–H groups in total. The van der Waals surface area contributed by atoms with E-state index in [2.05, 4.69) is 15.9 Å². The average molecular weight is 264 g/mol. The predicted molar refractivity (Wildman–Crippen MR) is 59.6 cm³/mol. The molecule has 0 aromatic rings. The molecule has 0 bridgehead atoms. The number of amides is 1. The van der Waals surface area contributed by atoms with Crippen LogP contribution < -0.4 is 0 Å². The molecular formula is C10H18BrNO2. The van der Waals surface area contributed by atoms with E-state index in [0.717, 1.165) is 32.5 Å². The molecule has 4 heteroatoms. The molecule has 1 unspecified atom stereocenters. The van der Waals surface area contributed by atoms with Gasteiger partial charge in [-0.3, -0.25) is 4.79 Å². The Morgan fingerprint density at radius 3 is 2.57 bits per heavy atom. The number of methoxy groups -OCH3 is 1. The quantitative estimate of drug-likeness (QED) is 0.725. The normalized spacial score (nSPS) is 20.9. The van der Waals surface area contributed by atoms with Gasteiger partial charge in [-0.25, -0.2) is 0 Å². The lowest BCUT2D eigenvalue weighted by Crippen LogP contribution is -2.42. The Morgan fingerprint density at radius 2 is 2.14 bits per heavy atom. The summed E-state index contributed by atoms with van der Waals surface area (Å²) in [6.45, 7) is 4.46. The minimum atomic E-state index is -0.0542. The molecule has 1 rings (SSSR count). The Labute approximate surface area is 93.9 Å². The van der Waals surface area contributed by atoms with Crippen LogP contribution in [-0.2, 0) is 9.53 Å². The van der Waals surface area contributed by atoms with E-state index in [1.807, 2.05) is 11.8 Å². The van der Waals surface area contributed by atoms with Crippen LogP contribution in [0.5, 0.6) is 0 Å². The standard InChI is InChI=1S/C10H18BrNO2/c1-8(11)10(13)12-5-3-9(4-6-12)7-14-2/h8-9H,3-7H2,1-2H3. The van der Waals surface area contributed by atoms with E-state index in [9.17, 15) is 4.79 Å². The Bertz CT molecular complexity index is 189. The van der Waals surface area contributed by atoms with E-state index < -0.39 is 0 Å². The van der Waals surface area contributed by atoms with Crippen LogP contribution in [0.1, 0.15) is 19.8 Å². The lowest BCUT2D eigenvalue weighted by atomic mass is 9.98. The molecule has 1 amide bonds. The molecule has 0 aliphatic carbocycles. The fourth-order valence-corrected chi connectivity index (χ4v) is 2.10. The number of hydrogen-bond acceptors (Lipinski definition) is 2. The lowest BCUT2D eigenvalue weighted by Gasteiger charge is -2.32. The second-order valence-electron chi connectivity index (χ2n) is 3.84. The predicted octanol–water partition coefficient (Wildman–Crippen LogP) is 1.65. The Balaban J connectivity index is 2.32. The number of likely N-dealkylation sites (tertiary alicyclic amines) is 1. The molecule has 82 valence electrons. The van der Waals surface area contributed by atoms with Crippen molar-refractivity contribution in [1.29, 1.82) is 0 Å². The molecule has 1 atom stereocenters. The molecule has 1 aliphatic rings. The van der Waals surface area contributed by atoms with E-state index in [1.165, 1.54) is 0 Å². The molecule has 0 radical (unpaired) electrons. The van der Waals surface area contributed by atoms with Crippen LogP contribution in [0.15, 0.2) is 0 Å². The average Bonchev–Trinajstić information content (AvgIpc) is 2.18. The van der Waals surface area contributed by atoms with E-state index in [-0.39, 0.29) is 10.7 Å². The topological polar surface area (TPSA) is 29.5 Å². The molecular weight excluding hydrogens is 246 g/mol. The van der Waals surface area contributed by atoms with Crippen molar-refractivity contribution in [2.75, 3.05) is 26.8 Å². The van der Waals surface area contributed by atoms with Crippen molar-refractivity contribution >= 4 is 21.8 Å². The van der Waals surface area contributed by atoms with Crippen LogP contribution in [0, 0.1) is 5.92 Å². The van der Waals surface area contributed by atoms with Gasteiger partial charge in [0.2, 0.25) is 5.91 Å². The highest BCUT2D eigenvalue weighted by atomic mass is 79.9. The van der Waals surface area contributed by atoms with Gasteiger partial charge in [-0.15, -0.1) is 0 Å². The highest BCUT2D eigenvalue weighted by Crippen LogP contribution is 2.18. The number of halogens is 1. The second-order valence-corrected chi connectivity index (χ2v) is 5.21. The summed E-state index contributed by atoms with van der Waals surface area (Å²) in [6.07, 6.45) is 2.14. The first kappa shape index (κ1) is 12.0. The van der Waals surface area contributed by atoms with Gasteiger partial charge in [-0.1, -0.05) is 15.9 Å². The first-order chi connectivity index (χ1) is 6.65. The molecule has 0 saturated carbocycles. The first-order valence-electron chi connectivity index (χ1n) is 5.07. The molecule has 1 heterocycles. The molecule has 0 aromatic heterocycles. The summed E-state index contributed by atoms with van der Waals surface area (Å²) in [5.41, 5.74) is 0. The van der Waals surface area contributed by atoms with Crippen LogP contribution in [0.4, 0.5) is 0 Å². The summed E-state index contributed by atoms with van der Waals surface area (Å²) in [5.74, 6) is 0.843. The number of ether oxygens (including phenoxy) is 1. The minimum absolute atomic E-state index is 0.0542. The fourth-order valence-electron chi connectivity index (χ4n) is 1.81. The van der Waals surface area contributed by atoms with Gasteiger partial charge in [0.25, 0.3) is 0 Å². The number of alkyl halides is 1. The molecule has 0 spiro atoms. The summed E-state index contributed by atoms with van der Waals surface area (Å²) < 4.78 is 5.11. The maximum atomic E-state index is 11.6. The van der Waals surface area contributed by atoms with Crippen molar-refractivity contribution in [2.24, 2.45) is 5.92 Å². The third kappa shape index (κ3) is 3.24. The highest BCUT2D eigenvalue weighted by Gasteiger charge is 2.24. The lowest BCUT2D eigenvalue weighted by molar-refractivity contribution is -0.131. The summed E-state index contributed by atoms with van der Waals surface area (Å²) in [4.78, 5) is 13.5. The van der Waals surface area contributed by atoms with Crippen LogP contribution >= 0.6 is 15.9 Å². The van der Waals surface area contributed by atoms with E-state index >= 15 is 0 Å². The van der Waals surface area contributed by atoms with Crippen molar-refractivity contribution in [3.63, 3.8) is 0 Å². The second kappa shape index (κ2) is 5.71. The van der Waals surface area contributed by atoms with E-state index in [0.29, 0.717) is 5.92 Å². The number of carbonyl (C=O) groups excluding carboxylic acids is 1. The smallest absolute Gasteiger partial charge is 0.236 e. The highest BCUT2D eigenvalue weighted by molar-refractivity contribution is 9.10. The fraction of sp³-hybridized carbons (Fsp3) is 0.900. The zero-order valence-electron chi connectivity index (χ0n) is 8.83. The number of hydrogen-bond donors (Lipinski definition) is 0. The molecule has 3 nitrogen and oxygen atoms in total. The Hall–Kier alpha value is -0.0900. The zero-order valence-corrected chi connectivity index (χ0v) is 10.4. The van der Waals surface area contributed by atoms with Crippen molar-refractivity contribution < 1.29 is 9.53 Å². The van der Waals surface area contributed by atoms with Gasteiger partial charge in [0, 0.05) is 26.8 Å². The first-order valence-corrected chi connectivity index (χ1v) is 5.98. The third-order valence-electron chi connectivity index (χ3n) is 2.67. The van der Waals surface area contributed by atoms with Gasteiger partial charge in [0.1, 0.15) is 0 Å². The SMILES string of the molecule is COCC1CCN(C(=O)C(C)Br)CC1. The number of nitrogens with zero attached hydrogens (tertiary/aromatic N) is 1. The van der Waals surface area contributed by atoms with Crippen molar-refractivity contribution in [3.05, 3.63) is 0 Å². The van der Waals surface area contributed by atoms with Crippen molar-refractivity contribution in [2.45, 2.75) is 24.6 Å². The molecule has 1 fully saturated rings.